The van der Waals surface area contributed by atoms with Gasteiger partial charge in [0.2, 0.25) is 5.91 Å². The van der Waals surface area contributed by atoms with E-state index in [1.807, 2.05) is 41.8 Å². The molecule has 2 aliphatic rings. The summed E-state index contributed by atoms with van der Waals surface area (Å²) < 4.78 is 2.46. The third-order valence-corrected chi connectivity index (χ3v) is 9.89. The van der Waals surface area contributed by atoms with E-state index >= 15 is 0 Å². The van der Waals surface area contributed by atoms with E-state index in [4.69, 9.17) is 0 Å². The van der Waals surface area contributed by atoms with Crippen molar-refractivity contribution in [2.24, 2.45) is 0 Å². The van der Waals surface area contributed by atoms with Gasteiger partial charge in [-0.2, -0.15) is 0 Å². The lowest BCUT2D eigenvalue weighted by Gasteiger charge is -2.49. The maximum absolute atomic E-state index is 12.8. The Kier molecular flexibility index (Phi) is 6.83. The number of hydrogen-bond donors (Lipinski definition) is 2. The van der Waals surface area contributed by atoms with Gasteiger partial charge in [0, 0.05) is 11.8 Å². The molecule has 1 aromatic carbocycles. The van der Waals surface area contributed by atoms with Gasteiger partial charge in [-0.15, -0.1) is 34.4 Å². The van der Waals surface area contributed by atoms with Crippen molar-refractivity contribution >= 4 is 73.4 Å². The molecule has 3 aromatic rings. The Morgan fingerprint density at radius 1 is 1.20 bits per heavy atom. The number of hydrogen-bond acceptors (Lipinski definition) is 8. The van der Waals surface area contributed by atoms with Gasteiger partial charge in [-0.1, -0.05) is 42.1 Å². The summed E-state index contributed by atoms with van der Waals surface area (Å²) in [6.45, 7) is 0. The molecular weight excluding hydrogens is 525 g/mol. The van der Waals surface area contributed by atoms with Crippen molar-refractivity contribution in [2.75, 3.05) is 5.75 Å². The molecule has 7 nitrogen and oxygen atoms in total. The molecular formula is C24H18N2O5S4. The molecule has 2 atom stereocenters. The van der Waals surface area contributed by atoms with Crippen LogP contribution in [-0.2, 0) is 20.8 Å². The molecule has 1 saturated heterocycles. The van der Waals surface area contributed by atoms with Crippen molar-refractivity contribution in [2.45, 2.75) is 22.0 Å². The Hall–Kier alpha value is -2.86. The minimum Gasteiger partial charge on any atom is -0.477 e. The monoisotopic (exact) mass is 542 g/mol. The van der Waals surface area contributed by atoms with Gasteiger partial charge >= 0.3 is 5.97 Å². The molecule has 0 spiro atoms. The lowest BCUT2D eigenvalue weighted by Crippen LogP contribution is -2.70. The molecule has 178 valence electrons. The van der Waals surface area contributed by atoms with Gasteiger partial charge in [0.15, 0.2) is 5.43 Å². The summed E-state index contributed by atoms with van der Waals surface area (Å²) in [5, 5.41) is 15.8. The average molecular weight is 543 g/mol. The number of nitrogens with zero attached hydrogens (tertiary/aromatic N) is 1. The Bertz CT molecular complexity index is 1440. The number of nitrogens with one attached hydrogen (secondary N) is 1. The number of rotatable bonds is 7. The summed E-state index contributed by atoms with van der Waals surface area (Å²) in [5.41, 5.74) is 1.25. The largest absolute Gasteiger partial charge is 0.477 e. The maximum Gasteiger partial charge on any atom is 0.352 e. The Morgan fingerprint density at radius 2 is 2.00 bits per heavy atom. The van der Waals surface area contributed by atoms with Crippen molar-refractivity contribution in [3.63, 3.8) is 0 Å². The van der Waals surface area contributed by atoms with Crippen LogP contribution in [0.25, 0.3) is 9.40 Å². The Labute approximate surface area is 216 Å². The number of benzene rings is 1. The van der Waals surface area contributed by atoms with Crippen LogP contribution in [0.15, 0.2) is 79.6 Å². The number of thioether (sulfide) groups is 2. The van der Waals surface area contributed by atoms with Gasteiger partial charge in [0.25, 0.3) is 5.91 Å². The molecule has 2 amide bonds. The third kappa shape index (κ3) is 4.81. The molecule has 0 saturated carbocycles. The normalized spacial score (nSPS) is 19.7. The number of carbonyl (C=O) groups is 3. The highest BCUT2D eigenvalue weighted by Crippen LogP contribution is 2.41. The van der Waals surface area contributed by atoms with Gasteiger partial charge < -0.3 is 10.4 Å². The second-order valence-corrected chi connectivity index (χ2v) is 12.1. The summed E-state index contributed by atoms with van der Waals surface area (Å²) in [6.07, 6.45) is 1.83. The van der Waals surface area contributed by atoms with E-state index in [1.165, 1.54) is 51.1 Å². The number of thiophene rings is 1. The lowest BCUT2D eigenvalue weighted by molar-refractivity contribution is -0.150. The number of amides is 2. The van der Waals surface area contributed by atoms with Crippen LogP contribution in [0, 0.1) is 0 Å². The molecule has 11 heteroatoms. The van der Waals surface area contributed by atoms with Gasteiger partial charge in [-0.3, -0.25) is 19.3 Å². The highest BCUT2D eigenvalue weighted by atomic mass is 32.2. The van der Waals surface area contributed by atoms with Crippen molar-refractivity contribution in [1.82, 2.24) is 10.2 Å². The summed E-state index contributed by atoms with van der Waals surface area (Å²) in [4.78, 5) is 50.7. The van der Waals surface area contributed by atoms with Crippen LogP contribution in [0.1, 0.15) is 5.56 Å². The number of fused-ring (bicyclic) bond motifs is 2. The fraction of sp³-hybridized carbons (Fsp3) is 0.167. The van der Waals surface area contributed by atoms with E-state index in [0.717, 1.165) is 19.2 Å². The zero-order valence-corrected chi connectivity index (χ0v) is 21.3. The van der Waals surface area contributed by atoms with Crippen LogP contribution in [0.4, 0.5) is 0 Å². The van der Waals surface area contributed by atoms with Gasteiger partial charge in [-0.05, 0) is 34.1 Å². The van der Waals surface area contributed by atoms with Crippen LogP contribution >= 0.6 is 46.2 Å². The average Bonchev–Trinajstić information content (AvgIpc) is 3.32. The number of allylic oxidation sites excluding steroid dienone is 1. The van der Waals surface area contributed by atoms with Crippen LogP contribution in [0.5, 0.6) is 0 Å². The van der Waals surface area contributed by atoms with E-state index in [2.05, 4.69) is 5.32 Å². The summed E-state index contributed by atoms with van der Waals surface area (Å²) in [7, 11) is 0. The first-order valence-electron chi connectivity index (χ1n) is 10.5. The SMILES string of the molecule is O=C(Cc1ccccc1)NC1C(=O)N2C(C(=O)O)=C(/C=C/Sc3cc(=O)c4sccc4s3)CS[C@H]12. The van der Waals surface area contributed by atoms with Crippen molar-refractivity contribution in [3.05, 3.63) is 86.4 Å². The predicted molar refractivity (Wildman–Crippen MR) is 141 cm³/mol. The minimum atomic E-state index is -1.19. The van der Waals surface area contributed by atoms with E-state index < -0.39 is 23.3 Å². The first kappa shape index (κ1) is 23.9. The third-order valence-electron chi connectivity index (χ3n) is 5.49. The first-order chi connectivity index (χ1) is 16.9. The van der Waals surface area contributed by atoms with E-state index in [0.29, 0.717) is 11.3 Å². The number of carboxylic acid groups (broad SMARTS) is 1. The number of carbonyl (C=O) groups excluding carboxylic acids is 2. The summed E-state index contributed by atoms with van der Waals surface area (Å²) >= 11 is 5.67. The molecule has 1 fully saturated rings. The van der Waals surface area contributed by atoms with Crippen molar-refractivity contribution in [3.8, 4) is 0 Å². The number of carboxylic acids is 1. The fourth-order valence-electron chi connectivity index (χ4n) is 3.89. The molecule has 1 unspecified atom stereocenters. The van der Waals surface area contributed by atoms with Crippen molar-refractivity contribution < 1.29 is 19.5 Å². The van der Waals surface area contributed by atoms with E-state index in [1.54, 1.807) is 17.6 Å². The standard InChI is InChI=1S/C24H18N2O5S4/c27-15-11-18(35-16-7-9-33-21(15)16)32-8-6-14-12-34-23-19(22(29)26(23)20(14)24(30)31)25-17(28)10-13-4-2-1-3-5-13/h1-9,11,19,23H,10,12H2,(H,25,28)(H,30,31)/b8-6+/t19?,23-/m1/s1. The summed E-state index contributed by atoms with van der Waals surface area (Å²) in [6, 6.07) is 12.0. The lowest BCUT2D eigenvalue weighted by atomic mass is 10.0. The molecule has 2 aliphatic heterocycles. The van der Waals surface area contributed by atoms with Gasteiger partial charge in [-0.25, -0.2) is 4.79 Å². The first-order valence-corrected chi connectivity index (χ1v) is 14.1. The molecule has 35 heavy (non-hydrogen) atoms. The topological polar surface area (TPSA) is 104 Å². The second kappa shape index (κ2) is 10.0. The molecule has 0 aliphatic carbocycles. The van der Waals surface area contributed by atoms with Crippen LogP contribution < -0.4 is 10.7 Å². The Balaban J connectivity index is 1.28. The molecule has 2 N–H and O–H groups in total. The minimum absolute atomic E-state index is 0.0299. The molecule has 0 bridgehead atoms. The van der Waals surface area contributed by atoms with Crippen LogP contribution in [0.2, 0.25) is 0 Å². The zero-order chi connectivity index (χ0) is 24.5. The smallest absolute Gasteiger partial charge is 0.352 e. The predicted octanol–water partition coefficient (Wildman–Crippen LogP) is 3.91. The van der Waals surface area contributed by atoms with Crippen LogP contribution in [0.3, 0.4) is 0 Å². The molecule has 4 heterocycles. The van der Waals surface area contributed by atoms with Crippen molar-refractivity contribution in [1.29, 1.82) is 0 Å². The second-order valence-electron chi connectivity index (χ2n) is 7.76. The molecule has 0 radical (unpaired) electrons. The van der Waals surface area contributed by atoms with Gasteiger partial charge in [0.1, 0.15) is 17.1 Å². The molecule has 2 aromatic heterocycles. The number of aliphatic carboxylic acids is 1. The van der Waals surface area contributed by atoms with E-state index in [-0.39, 0.29) is 23.5 Å². The summed E-state index contributed by atoms with van der Waals surface area (Å²) in [5.74, 6) is -1.51. The maximum atomic E-state index is 12.8. The highest BCUT2D eigenvalue weighted by molar-refractivity contribution is 8.04. The van der Waals surface area contributed by atoms with Gasteiger partial charge in [0.05, 0.1) is 20.0 Å². The van der Waals surface area contributed by atoms with E-state index in [9.17, 15) is 24.3 Å². The fourth-order valence-corrected chi connectivity index (χ4v) is 8.14. The Morgan fingerprint density at radius 3 is 2.77 bits per heavy atom. The molecule has 5 rings (SSSR count). The quantitative estimate of drug-likeness (QED) is 0.345. The number of β-lactam (4-membered cyclic amide) rings is 1. The van der Waals surface area contributed by atoms with Crippen LogP contribution in [-0.4, -0.2) is 45.0 Å². The highest BCUT2D eigenvalue weighted by Gasteiger charge is 2.53. The zero-order valence-electron chi connectivity index (χ0n) is 18.0.